The van der Waals surface area contributed by atoms with Gasteiger partial charge in [0, 0.05) is 19.8 Å². The van der Waals surface area contributed by atoms with Gasteiger partial charge in [0.1, 0.15) is 0 Å². The molecule has 0 fully saturated rings. The summed E-state index contributed by atoms with van der Waals surface area (Å²) in [4.78, 5) is 4.01. The molecule has 1 aromatic rings. The average Bonchev–Trinajstić information content (AvgIpc) is 2.58. The lowest BCUT2D eigenvalue weighted by atomic mass is 10.4. The summed E-state index contributed by atoms with van der Waals surface area (Å²) in [6, 6.07) is 0.484. The van der Waals surface area contributed by atoms with Gasteiger partial charge in [0.05, 0.1) is 0 Å². The van der Waals surface area contributed by atoms with Gasteiger partial charge in [0.25, 0.3) is 0 Å². The normalized spacial score (nSPS) is 10.4. The molecule has 0 saturated heterocycles. The van der Waals surface area contributed by atoms with E-state index in [9.17, 15) is 0 Å². The highest BCUT2D eigenvalue weighted by molar-refractivity contribution is 5.17. The third kappa shape index (κ3) is 4.23. The highest BCUT2D eigenvalue weighted by atomic mass is 16.5. The number of aryl methyl sites for hydroxylation is 1. The van der Waals surface area contributed by atoms with Crippen molar-refractivity contribution in [2.75, 3.05) is 25.1 Å². The van der Waals surface area contributed by atoms with Crippen molar-refractivity contribution in [1.82, 2.24) is 10.1 Å². The van der Waals surface area contributed by atoms with Crippen LogP contribution in [-0.4, -0.2) is 29.9 Å². The van der Waals surface area contributed by atoms with E-state index in [4.69, 9.17) is 9.26 Å². The predicted octanol–water partition coefficient (Wildman–Crippen LogP) is 1.61. The molecule has 0 bridgehead atoms. The van der Waals surface area contributed by atoms with E-state index >= 15 is 0 Å². The predicted molar refractivity (Wildman–Crippen MR) is 53.3 cm³/mol. The fraction of sp³-hybridized carbons (Fsp3) is 0.778. The Labute approximate surface area is 83.8 Å². The third-order valence-corrected chi connectivity index (χ3v) is 1.62. The lowest BCUT2D eigenvalue weighted by Crippen LogP contribution is -2.06. The van der Waals surface area contributed by atoms with Crippen molar-refractivity contribution in [3.8, 4) is 0 Å². The number of aromatic nitrogens is 2. The Kier molecular flexibility index (Phi) is 4.99. The topological polar surface area (TPSA) is 60.2 Å². The number of hydrogen-bond acceptors (Lipinski definition) is 5. The molecule has 0 aliphatic heterocycles. The fourth-order valence-corrected chi connectivity index (χ4v) is 0.985. The Bertz CT molecular complexity index is 250. The first-order valence-corrected chi connectivity index (χ1v) is 4.95. The van der Waals surface area contributed by atoms with Crippen LogP contribution in [0, 0.1) is 6.92 Å². The summed E-state index contributed by atoms with van der Waals surface area (Å²) in [5.41, 5.74) is 0. The van der Waals surface area contributed by atoms with Gasteiger partial charge in [-0.2, -0.15) is 4.98 Å². The second-order valence-electron chi connectivity index (χ2n) is 3.04. The molecule has 0 radical (unpaired) electrons. The van der Waals surface area contributed by atoms with E-state index in [2.05, 4.69) is 22.4 Å². The van der Waals surface area contributed by atoms with Crippen LogP contribution in [0.2, 0.25) is 0 Å². The Morgan fingerprint density at radius 2 is 2.29 bits per heavy atom. The van der Waals surface area contributed by atoms with Gasteiger partial charge in [-0.1, -0.05) is 12.1 Å². The maximum atomic E-state index is 5.32. The first-order valence-electron chi connectivity index (χ1n) is 4.95. The van der Waals surface area contributed by atoms with Gasteiger partial charge in [-0.3, -0.25) is 0 Å². The van der Waals surface area contributed by atoms with Gasteiger partial charge < -0.3 is 14.6 Å². The van der Waals surface area contributed by atoms with Gasteiger partial charge >= 0.3 is 6.01 Å². The minimum atomic E-state index is 0.484. The van der Waals surface area contributed by atoms with E-state index in [0.717, 1.165) is 32.6 Å². The zero-order chi connectivity index (χ0) is 10.2. The highest BCUT2D eigenvalue weighted by Crippen LogP contribution is 2.01. The largest absolute Gasteiger partial charge is 0.381 e. The summed E-state index contributed by atoms with van der Waals surface area (Å²) in [7, 11) is 0. The minimum absolute atomic E-state index is 0.484. The summed E-state index contributed by atoms with van der Waals surface area (Å²) >= 11 is 0. The molecule has 0 aliphatic rings. The van der Waals surface area contributed by atoms with E-state index in [1.54, 1.807) is 6.92 Å². The molecule has 1 heterocycles. The summed E-state index contributed by atoms with van der Waals surface area (Å²) in [5, 5.41) is 6.69. The van der Waals surface area contributed by atoms with Crippen LogP contribution in [0.1, 0.15) is 25.6 Å². The summed E-state index contributed by atoms with van der Waals surface area (Å²) in [5.74, 6) is 0.648. The zero-order valence-corrected chi connectivity index (χ0v) is 8.75. The smallest absolute Gasteiger partial charge is 0.321 e. The molecule has 5 nitrogen and oxygen atoms in total. The average molecular weight is 199 g/mol. The second kappa shape index (κ2) is 6.37. The van der Waals surface area contributed by atoms with E-state index < -0.39 is 0 Å². The molecule has 0 unspecified atom stereocenters. The molecule has 0 aliphatic carbocycles. The van der Waals surface area contributed by atoms with Crippen molar-refractivity contribution in [1.29, 1.82) is 0 Å². The maximum Gasteiger partial charge on any atom is 0.321 e. The monoisotopic (exact) mass is 199 g/mol. The molecule has 1 rings (SSSR count). The quantitative estimate of drug-likeness (QED) is 0.676. The van der Waals surface area contributed by atoms with Gasteiger partial charge in [0.2, 0.25) is 0 Å². The lowest BCUT2D eigenvalue weighted by molar-refractivity contribution is 0.134. The molecule has 14 heavy (non-hydrogen) atoms. The number of rotatable bonds is 7. The number of ether oxygens (including phenoxy) is 1. The van der Waals surface area contributed by atoms with Gasteiger partial charge in [-0.05, 0) is 19.8 Å². The summed E-state index contributed by atoms with van der Waals surface area (Å²) in [6.45, 7) is 6.29. The van der Waals surface area contributed by atoms with Gasteiger partial charge in [-0.15, -0.1) is 0 Å². The van der Waals surface area contributed by atoms with E-state index in [1.165, 1.54) is 0 Å². The molecule has 0 amide bonds. The molecule has 5 heteroatoms. The van der Waals surface area contributed by atoms with E-state index in [1.807, 2.05) is 0 Å². The van der Waals surface area contributed by atoms with Crippen LogP contribution in [0.25, 0.3) is 0 Å². The molecule has 1 N–H and O–H groups in total. The molecule has 0 aromatic carbocycles. The first kappa shape index (κ1) is 11.0. The van der Waals surface area contributed by atoms with Crippen LogP contribution in [0.4, 0.5) is 6.01 Å². The highest BCUT2D eigenvalue weighted by Gasteiger charge is 1.99. The van der Waals surface area contributed by atoms with Crippen LogP contribution in [0.15, 0.2) is 4.52 Å². The minimum Gasteiger partial charge on any atom is -0.381 e. The molecular weight excluding hydrogens is 182 g/mol. The Morgan fingerprint density at radius 3 is 2.93 bits per heavy atom. The standard InChI is InChI=1S/C9H17N3O2/c1-3-6-13-7-4-5-10-9-11-8(2)12-14-9/h3-7H2,1-2H3,(H,10,11,12). The van der Waals surface area contributed by atoms with Crippen molar-refractivity contribution < 1.29 is 9.26 Å². The molecule has 80 valence electrons. The molecule has 1 aromatic heterocycles. The van der Waals surface area contributed by atoms with Crippen LogP contribution >= 0.6 is 0 Å². The van der Waals surface area contributed by atoms with Crippen LogP contribution in [0.5, 0.6) is 0 Å². The molecule has 0 atom stereocenters. The van der Waals surface area contributed by atoms with Crippen molar-refractivity contribution >= 4 is 6.01 Å². The molecular formula is C9H17N3O2. The number of nitrogens with one attached hydrogen (secondary N) is 1. The van der Waals surface area contributed by atoms with Crippen molar-refractivity contribution in [3.63, 3.8) is 0 Å². The van der Waals surface area contributed by atoms with Crippen LogP contribution in [-0.2, 0) is 4.74 Å². The maximum absolute atomic E-state index is 5.32. The molecule has 0 spiro atoms. The number of anilines is 1. The van der Waals surface area contributed by atoms with E-state index in [-0.39, 0.29) is 0 Å². The Balaban J connectivity index is 1.99. The fourth-order valence-electron chi connectivity index (χ4n) is 0.985. The van der Waals surface area contributed by atoms with Gasteiger partial charge in [0.15, 0.2) is 5.82 Å². The second-order valence-corrected chi connectivity index (χ2v) is 3.04. The first-order chi connectivity index (χ1) is 6.83. The number of nitrogens with zero attached hydrogens (tertiary/aromatic N) is 2. The van der Waals surface area contributed by atoms with E-state index in [0.29, 0.717) is 11.8 Å². The molecule has 0 saturated carbocycles. The van der Waals surface area contributed by atoms with Crippen LogP contribution < -0.4 is 5.32 Å². The lowest BCUT2D eigenvalue weighted by Gasteiger charge is -2.02. The van der Waals surface area contributed by atoms with Crippen molar-refractivity contribution in [3.05, 3.63) is 5.82 Å². The van der Waals surface area contributed by atoms with Crippen LogP contribution in [0.3, 0.4) is 0 Å². The van der Waals surface area contributed by atoms with Crippen molar-refractivity contribution in [2.45, 2.75) is 26.7 Å². The Morgan fingerprint density at radius 1 is 1.43 bits per heavy atom. The summed E-state index contributed by atoms with van der Waals surface area (Å²) in [6.07, 6.45) is 2.01. The summed E-state index contributed by atoms with van der Waals surface area (Å²) < 4.78 is 10.2. The Hall–Kier alpha value is -1.10. The van der Waals surface area contributed by atoms with Crippen molar-refractivity contribution in [2.24, 2.45) is 0 Å². The zero-order valence-electron chi connectivity index (χ0n) is 8.75. The van der Waals surface area contributed by atoms with Gasteiger partial charge in [-0.25, -0.2) is 0 Å². The number of hydrogen-bond donors (Lipinski definition) is 1. The third-order valence-electron chi connectivity index (χ3n) is 1.62. The SMILES string of the molecule is CCCOCCCNc1nc(C)no1.